The SMILES string of the molecule is CCNC(Cc1cc(F)ccc1Cl)C1CN(C)CCN1C. The van der Waals surface area contributed by atoms with Crippen LogP contribution in [0.3, 0.4) is 0 Å². The lowest BCUT2D eigenvalue weighted by molar-refractivity contribution is 0.0881. The standard InChI is InChI=1S/C16H25ClFN3/c1-4-19-15(16-11-20(2)7-8-21(16)3)10-12-9-13(18)5-6-14(12)17/h5-6,9,15-16,19H,4,7-8,10-11H2,1-3H3. The lowest BCUT2D eigenvalue weighted by Crippen LogP contribution is -2.59. The van der Waals surface area contributed by atoms with E-state index < -0.39 is 0 Å². The van der Waals surface area contributed by atoms with Gasteiger partial charge in [-0.15, -0.1) is 0 Å². The van der Waals surface area contributed by atoms with E-state index in [9.17, 15) is 4.39 Å². The molecule has 1 heterocycles. The molecule has 1 N–H and O–H groups in total. The number of piperazine rings is 1. The number of benzene rings is 1. The van der Waals surface area contributed by atoms with Crippen LogP contribution >= 0.6 is 11.6 Å². The van der Waals surface area contributed by atoms with Crippen molar-refractivity contribution in [1.82, 2.24) is 15.1 Å². The van der Waals surface area contributed by atoms with Crippen LogP contribution < -0.4 is 5.32 Å². The Balaban J connectivity index is 2.16. The highest BCUT2D eigenvalue weighted by Gasteiger charge is 2.29. The molecule has 1 aliphatic rings. The second-order valence-electron chi connectivity index (χ2n) is 5.91. The first-order chi connectivity index (χ1) is 10.0. The predicted octanol–water partition coefficient (Wildman–Crippen LogP) is 2.25. The van der Waals surface area contributed by atoms with Crippen LogP contribution in [0.4, 0.5) is 4.39 Å². The van der Waals surface area contributed by atoms with E-state index in [0.29, 0.717) is 11.1 Å². The third-order valence-corrected chi connectivity index (χ3v) is 4.65. The number of nitrogens with one attached hydrogen (secondary N) is 1. The van der Waals surface area contributed by atoms with Gasteiger partial charge in [0.05, 0.1) is 0 Å². The second kappa shape index (κ2) is 7.54. The van der Waals surface area contributed by atoms with E-state index in [0.717, 1.165) is 38.2 Å². The summed E-state index contributed by atoms with van der Waals surface area (Å²) in [5.74, 6) is -0.223. The highest BCUT2D eigenvalue weighted by Crippen LogP contribution is 2.21. The van der Waals surface area contributed by atoms with Crippen molar-refractivity contribution in [3.05, 3.63) is 34.6 Å². The van der Waals surface area contributed by atoms with Gasteiger partial charge in [0, 0.05) is 36.7 Å². The van der Waals surface area contributed by atoms with Crippen molar-refractivity contribution in [2.45, 2.75) is 25.4 Å². The van der Waals surface area contributed by atoms with Gasteiger partial charge in [-0.05, 0) is 50.8 Å². The van der Waals surface area contributed by atoms with E-state index in [4.69, 9.17) is 11.6 Å². The fourth-order valence-corrected chi connectivity index (χ4v) is 3.22. The van der Waals surface area contributed by atoms with Crippen molar-refractivity contribution in [3.8, 4) is 0 Å². The number of rotatable bonds is 5. The van der Waals surface area contributed by atoms with Crippen LogP contribution in [0.15, 0.2) is 18.2 Å². The average molecular weight is 314 g/mol. The van der Waals surface area contributed by atoms with Crippen molar-refractivity contribution in [3.63, 3.8) is 0 Å². The normalized spacial score (nSPS) is 22.4. The summed E-state index contributed by atoms with van der Waals surface area (Å²) in [6, 6.07) is 5.28. The van der Waals surface area contributed by atoms with Crippen molar-refractivity contribution >= 4 is 11.6 Å². The number of nitrogens with zero attached hydrogens (tertiary/aromatic N) is 2. The predicted molar refractivity (Wildman–Crippen MR) is 86.5 cm³/mol. The molecule has 1 fully saturated rings. The monoisotopic (exact) mass is 313 g/mol. The van der Waals surface area contributed by atoms with Gasteiger partial charge in [0.1, 0.15) is 5.82 Å². The smallest absolute Gasteiger partial charge is 0.123 e. The molecule has 0 bridgehead atoms. The fraction of sp³-hybridized carbons (Fsp3) is 0.625. The minimum absolute atomic E-state index is 0.223. The van der Waals surface area contributed by atoms with E-state index in [-0.39, 0.29) is 11.9 Å². The number of halogens is 2. The third-order valence-electron chi connectivity index (χ3n) is 4.28. The Morgan fingerprint density at radius 3 is 2.86 bits per heavy atom. The van der Waals surface area contributed by atoms with Gasteiger partial charge >= 0.3 is 0 Å². The number of hydrogen-bond donors (Lipinski definition) is 1. The molecule has 1 aliphatic heterocycles. The molecule has 0 radical (unpaired) electrons. The molecule has 1 aromatic carbocycles. The van der Waals surface area contributed by atoms with Crippen LogP contribution in [0.5, 0.6) is 0 Å². The van der Waals surface area contributed by atoms with E-state index in [2.05, 4.69) is 36.1 Å². The van der Waals surface area contributed by atoms with Crippen molar-refractivity contribution in [2.75, 3.05) is 40.3 Å². The Labute approximate surface area is 132 Å². The molecule has 1 saturated heterocycles. The fourth-order valence-electron chi connectivity index (χ4n) is 3.02. The molecule has 21 heavy (non-hydrogen) atoms. The molecule has 118 valence electrons. The third kappa shape index (κ3) is 4.39. The average Bonchev–Trinajstić information content (AvgIpc) is 2.45. The first-order valence-electron chi connectivity index (χ1n) is 7.57. The number of hydrogen-bond acceptors (Lipinski definition) is 3. The Morgan fingerprint density at radius 1 is 1.38 bits per heavy atom. The van der Waals surface area contributed by atoms with E-state index in [1.165, 1.54) is 6.07 Å². The van der Waals surface area contributed by atoms with Crippen LogP contribution in [0.1, 0.15) is 12.5 Å². The highest BCUT2D eigenvalue weighted by atomic mass is 35.5. The quantitative estimate of drug-likeness (QED) is 0.899. The van der Waals surface area contributed by atoms with Crippen molar-refractivity contribution in [2.24, 2.45) is 0 Å². The van der Waals surface area contributed by atoms with Gasteiger partial charge in [-0.2, -0.15) is 0 Å². The van der Waals surface area contributed by atoms with Crippen molar-refractivity contribution < 1.29 is 4.39 Å². The summed E-state index contributed by atoms with van der Waals surface area (Å²) >= 11 is 6.23. The van der Waals surface area contributed by atoms with Gasteiger partial charge in [0.2, 0.25) is 0 Å². The maximum Gasteiger partial charge on any atom is 0.123 e. The lowest BCUT2D eigenvalue weighted by atomic mass is 9.96. The molecule has 2 atom stereocenters. The molecule has 0 amide bonds. The number of likely N-dealkylation sites (N-methyl/N-ethyl adjacent to an activating group) is 3. The summed E-state index contributed by atoms with van der Waals surface area (Å²) in [4.78, 5) is 4.74. The van der Waals surface area contributed by atoms with Gasteiger partial charge in [0.15, 0.2) is 0 Å². The Hall–Kier alpha value is -0.680. The highest BCUT2D eigenvalue weighted by molar-refractivity contribution is 6.31. The summed E-state index contributed by atoms with van der Waals surface area (Å²) in [5.41, 5.74) is 0.879. The zero-order chi connectivity index (χ0) is 15.4. The zero-order valence-corrected chi connectivity index (χ0v) is 13.8. The molecule has 1 aromatic rings. The molecule has 0 spiro atoms. The molecule has 2 rings (SSSR count). The maximum absolute atomic E-state index is 13.5. The van der Waals surface area contributed by atoms with Crippen LogP contribution in [-0.2, 0) is 6.42 Å². The molecule has 3 nitrogen and oxygen atoms in total. The van der Waals surface area contributed by atoms with E-state index in [1.807, 2.05) is 0 Å². The molecule has 0 aromatic heterocycles. The minimum Gasteiger partial charge on any atom is -0.312 e. The van der Waals surface area contributed by atoms with Crippen molar-refractivity contribution in [1.29, 1.82) is 0 Å². The van der Waals surface area contributed by atoms with Gasteiger partial charge in [0.25, 0.3) is 0 Å². The van der Waals surface area contributed by atoms with E-state index >= 15 is 0 Å². The van der Waals surface area contributed by atoms with Gasteiger partial charge in [-0.25, -0.2) is 4.39 Å². The largest absolute Gasteiger partial charge is 0.312 e. The lowest BCUT2D eigenvalue weighted by Gasteiger charge is -2.42. The Bertz CT molecular complexity index is 469. The van der Waals surface area contributed by atoms with Crippen LogP contribution in [-0.4, -0.2) is 62.2 Å². The second-order valence-corrected chi connectivity index (χ2v) is 6.32. The van der Waals surface area contributed by atoms with Crippen LogP contribution in [0.25, 0.3) is 0 Å². The Kier molecular flexibility index (Phi) is 5.99. The van der Waals surface area contributed by atoms with Crippen LogP contribution in [0.2, 0.25) is 5.02 Å². The maximum atomic E-state index is 13.5. The summed E-state index contributed by atoms with van der Waals surface area (Å²) < 4.78 is 13.5. The molecule has 5 heteroatoms. The zero-order valence-electron chi connectivity index (χ0n) is 13.1. The minimum atomic E-state index is -0.223. The molecule has 0 aliphatic carbocycles. The summed E-state index contributed by atoms with van der Waals surface area (Å²) in [6.45, 7) is 6.16. The first kappa shape index (κ1) is 16.7. The molecular formula is C16H25ClFN3. The van der Waals surface area contributed by atoms with Gasteiger partial charge < -0.3 is 10.2 Å². The first-order valence-corrected chi connectivity index (χ1v) is 7.95. The summed E-state index contributed by atoms with van der Waals surface area (Å²) in [6.07, 6.45) is 0.743. The van der Waals surface area contributed by atoms with Gasteiger partial charge in [-0.3, -0.25) is 4.90 Å². The molecule has 0 saturated carbocycles. The summed E-state index contributed by atoms with van der Waals surface area (Å²) in [5, 5.41) is 4.19. The summed E-state index contributed by atoms with van der Waals surface area (Å²) in [7, 11) is 4.31. The van der Waals surface area contributed by atoms with Crippen LogP contribution in [0, 0.1) is 5.82 Å². The Morgan fingerprint density at radius 2 is 2.14 bits per heavy atom. The molecular weight excluding hydrogens is 289 g/mol. The van der Waals surface area contributed by atoms with E-state index in [1.54, 1.807) is 12.1 Å². The van der Waals surface area contributed by atoms with Gasteiger partial charge in [-0.1, -0.05) is 18.5 Å². The molecule has 2 unspecified atom stereocenters. The topological polar surface area (TPSA) is 18.5 Å².